The minimum atomic E-state index is -3.89. The zero-order valence-electron chi connectivity index (χ0n) is 16.5. The van der Waals surface area contributed by atoms with Crippen LogP contribution in [0.25, 0.3) is 0 Å². The van der Waals surface area contributed by atoms with Crippen LogP contribution in [0.5, 0.6) is 0 Å². The van der Waals surface area contributed by atoms with Gasteiger partial charge in [0, 0.05) is 31.8 Å². The molecule has 29 heavy (non-hydrogen) atoms. The number of hydrogen-bond acceptors (Lipinski definition) is 7. The number of rotatable bonds is 9. The van der Waals surface area contributed by atoms with E-state index in [1.807, 2.05) is 6.92 Å². The van der Waals surface area contributed by atoms with Gasteiger partial charge >= 0.3 is 5.97 Å². The van der Waals surface area contributed by atoms with Gasteiger partial charge < -0.3 is 9.64 Å². The van der Waals surface area contributed by atoms with E-state index < -0.39 is 39.0 Å². The number of cyclic esters (lactones) is 1. The molecule has 1 N–H and O–H groups in total. The predicted molar refractivity (Wildman–Crippen MR) is 103 cm³/mol. The van der Waals surface area contributed by atoms with Crippen molar-refractivity contribution in [3.05, 3.63) is 34.4 Å². The number of carbonyl (C=O) groups excluding carboxylic acids is 2. The zero-order valence-corrected chi connectivity index (χ0v) is 17.3. The molecule has 160 valence electrons. The lowest BCUT2D eigenvalue weighted by Gasteiger charge is -2.29. The number of amides is 1. The summed E-state index contributed by atoms with van der Waals surface area (Å²) in [4.78, 5) is 35.7. The molecule has 1 aliphatic rings. The van der Waals surface area contributed by atoms with Crippen molar-refractivity contribution in [2.75, 3.05) is 13.6 Å². The molecule has 2 rings (SSSR count). The number of nitrogens with one attached hydrogen (secondary N) is 1. The van der Waals surface area contributed by atoms with Crippen molar-refractivity contribution in [3.8, 4) is 0 Å². The summed E-state index contributed by atoms with van der Waals surface area (Å²) in [6.45, 7) is 3.57. The number of sulfonamides is 1. The van der Waals surface area contributed by atoms with Gasteiger partial charge in [-0.3, -0.25) is 19.7 Å². The molecule has 11 heteroatoms. The van der Waals surface area contributed by atoms with E-state index in [0.29, 0.717) is 6.42 Å². The first-order valence-electron chi connectivity index (χ1n) is 9.27. The maximum Gasteiger partial charge on any atom is 0.307 e. The van der Waals surface area contributed by atoms with Crippen LogP contribution in [0.15, 0.2) is 29.2 Å². The average Bonchev–Trinajstić information content (AvgIpc) is 3.05. The van der Waals surface area contributed by atoms with Gasteiger partial charge in [0.05, 0.1) is 22.2 Å². The molecular weight excluding hydrogens is 402 g/mol. The third-order valence-electron chi connectivity index (χ3n) is 4.94. The molecule has 0 radical (unpaired) electrons. The molecule has 0 bridgehead atoms. The van der Waals surface area contributed by atoms with Gasteiger partial charge in [0.1, 0.15) is 6.10 Å². The normalized spacial score (nSPS) is 20.2. The van der Waals surface area contributed by atoms with E-state index in [9.17, 15) is 28.1 Å². The summed E-state index contributed by atoms with van der Waals surface area (Å²) < 4.78 is 32.4. The average molecular weight is 427 g/mol. The number of carbonyl (C=O) groups is 2. The van der Waals surface area contributed by atoms with E-state index in [1.165, 1.54) is 4.90 Å². The topological polar surface area (TPSA) is 136 Å². The van der Waals surface area contributed by atoms with Crippen LogP contribution in [0.4, 0.5) is 5.69 Å². The first-order valence-corrected chi connectivity index (χ1v) is 10.8. The van der Waals surface area contributed by atoms with Crippen LogP contribution in [0, 0.1) is 16.0 Å². The van der Waals surface area contributed by atoms with Crippen molar-refractivity contribution in [3.63, 3.8) is 0 Å². The highest BCUT2D eigenvalue weighted by Gasteiger charge is 2.41. The first kappa shape index (κ1) is 22.8. The van der Waals surface area contributed by atoms with Gasteiger partial charge in [-0.1, -0.05) is 13.3 Å². The van der Waals surface area contributed by atoms with E-state index >= 15 is 0 Å². The maximum atomic E-state index is 12.8. The van der Waals surface area contributed by atoms with E-state index in [0.717, 1.165) is 30.7 Å². The van der Waals surface area contributed by atoms with Gasteiger partial charge in [-0.25, -0.2) is 13.1 Å². The minimum Gasteiger partial charge on any atom is -0.461 e. The van der Waals surface area contributed by atoms with Crippen LogP contribution < -0.4 is 4.72 Å². The largest absolute Gasteiger partial charge is 0.461 e. The molecule has 1 heterocycles. The van der Waals surface area contributed by atoms with Crippen molar-refractivity contribution in [2.24, 2.45) is 5.92 Å². The van der Waals surface area contributed by atoms with E-state index in [4.69, 9.17) is 4.74 Å². The van der Waals surface area contributed by atoms with Crippen LogP contribution in [0.3, 0.4) is 0 Å². The molecule has 0 aliphatic carbocycles. The van der Waals surface area contributed by atoms with Gasteiger partial charge in [0.25, 0.3) is 5.69 Å². The summed E-state index contributed by atoms with van der Waals surface area (Å²) in [5.74, 6) is -1.24. The standard InChI is InChI=1S/C18H25N3O7S/c1-4-5-16-15(10-17(22)28-16)18(23)20(3)12(2)11-19-29(26,27)14-8-6-13(7-9-14)21(24)25/h6-9,12,15-16,19H,4-5,10-11H2,1-3H3/t12-,15-,16+/m0/s1. The smallest absolute Gasteiger partial charge is 0.307 e. The van der Waals surface area contributed by atoms with Crippen LogP contribution in [-0.2, 0) is 24.3 Å². The number of hydrogen-bond donors (Lipinski definition) is 1. The number of likely N-dealkylation sites (N-methyl/N-ethyl adjacent to an activating group) is 1. The second-order valence-corrected chi connectivity index (χ2v) is 8.80. The molecule has 1 amide bonds. The Labute approximate surface area is 169 Å². The van der Waals surface area contributed by atoms with Gasteiger partial charge in [-0.15, -0.1) is 0 Å². The maximum absolute atomic E-state index is 12.8. The number of nitro groups is 1. The van der Waals surface area contributed by atoms with Gasteiger partial charge in [-0.2, -0.15) is 0 Å². The number of non-ortho nitro benzene ring substituents is 1. The lowest BCUT2D eigenvalue weighted by atomic mass is 9.96. The lowest BCUT2D eigenvalue weighted by molar-refractivity contribution is -0.384. The Morgan fingerprint density at radius 1 is 1.38 bits per heavy atom. The van der Waals surface area contributed by atoms with Crippen LogP contribution in [0.1, 0.15) is 33.1 Å². The Bertz CT molecular complexity index is 870. The fourth-order valence-corrected chi connectivity index (χ4v) is 4.20. The molecule has 0 spiro atoms. The van der Waals surface area contributed by atoms with Crippen molar-refractivity contribution >= 4 is 27.6 Å². The Balaban J connectivity index is 1.99. The van der Waals surface area contributed by atoms with Gasteiger partial charge in [-0.05, 0) is 25.5 Å². The number of ether oxygens (including phenoxy) is 1. The Kier molecular flexibility index (Phi) is 7.31. The van der Waals surface area contributed by atoms with Crippen LogP contribution >= 0.6 is 0 Å². The Morgan fingerprint density at radius 2 is 2.00 bits per heavy atom. The fraction of sp³-hybridized carbons (Fsp3) is 0.556. The van der Waals surface area contributed by atoms with Crippen molar-refractivity contribution in [1.29, 1.82) is 0 Å². The minimum absolute atomic E-state index is 0.0229. The molecule has 0 unspecified atom stereocenters. The number of esters is 1. The molecule has 3 atom stereocenters. The van der Waals surface area contributed by atoms with Crippen LogP contribution in [0.2, 0.25) is 0 Å². The van der Waals surface area contributed by atoms with E-state index in [1.54, 1.807) is 14.0 Å². The molecule has 1 saturated heterocycles. The zero-order chi connectivity index (χ0) is 21.8. The molecule has 1 aromatic carbocycles. The van der Waals surface area contributed by atoms with Gasteiger partial charge in [0.2, 0.25) is 15.9 Å². The first-order chi connectivity index (χ1) is 13.6. The molecule has 10 nitrogen and oxygen atoms in total. The third-order valence-corrected chi connectivity index (χ3v) is 6.38. The molecule has 1 fully saturated rings. The second kappa shape index (κ2) is 9.31. The highest BCUT2D eigenvalue weighted by molar-refractivity contribution is 7.89. The van der Waals surface area contributed by atoms with E-state index in [-0.39, 0.29) is 29.5 Å². The molecule has 0 aromatic heterocycles. The van der Waals surface area contributed by atoms with Crippen molar-refractivity contribution in [1.82, 2.24) is 9.62 Å². The molecule has 1 aromatic rings. The summed E-state index contributed by atoms with van der Waals surface area (Å²) in [5, 5.41) is 10.7. The summed E-state index contributed by atoms with van der Waals surface area (Å²) >= 11 is 0. The highest BCUT2D eigenvalue weighted by Crippen LogP contribution is 2.27. The molecule has 1 aliphatic heterocycles. The van der Waals surface area contributed by atoms with Crippen LogP contribution in [-0.4, -0.2) is 55.9 Å². The van der Waals surface area contributed by atoms with Gasteiger partial charge in [0.15, 0.2) is 0 Å². The molecule has 0 saturated carbocycles. The summed E-state index contributed by atoms with van der Waals surface area (Å²) in [6.07, 6.45) is 0.939. The van der Waals surface area contributed by atoms with Crippen molar-refractivity contribution < 1.29 is 27.7 Å². The van der Waals surface area contributed by atoms with Crippen molar-refractivity contribution in [2.45, 2.75) is 50.2 Å². The number of benzene rings is 1. The summed E-state index contributed by atoms with van der Waals surface area (Å²) in [5.41, 5.74) is -0.211. The number of nitrogens with zero attached hydrogens (tertiary/aromatic N) is 2. The highest BCUT2D eigenvalue weighted by atomic mass is 32.2. The predicted octanol–water partition coefficient (Wildman–Crippen LogP) is 1.45. The SMILES string of the molecule is CCC[C@H]1OC(=O)C[C@@H]1C(=O)N(C)[C@@H](C)CNS(=O)(=O)c1ccc([N+](=O)[O-])cc1. The Morgan fingerprint density at radius 3 is 2.55 bits per heavy atom. The fourth-order valence-electron chi connectivity index (χ4n) is 3.08. The third kappa shape index (κ3) is 5.51. The summed E-state index contributed by atoms with van der Waals surface area (Å²) in [7, 11) is -2.34. The summed E-state index contributed by atoms with van der Waals surface area (Å²) in [6, 6.07) is 4.04. The second-order valence-electron chi connectivity index (χ2n) is 7.03. The lowest BCUT2D eigenvalue weighted by Crippen LogP contribution is -2.46. The monoisotopic (exact) mass is 427 g/mol. The van der Waals surface area contributed by atoms with E-state index in [2.05, 4.69) is 4.72 Å². The molecular formula is C18H25N3O7S. The number of nitro benzene ring substituents is 1. The quantitative estimate of drug-likeness (QED) is 0.358. The Hall–Kier alpha value is -2.53.